The van der Waals surface area contributed by atoms with Gasteiger partial charge in [0.25, 0.3) is 5.91 Å². The number of benzene rings is 2. The van der Waals surface area contributed by atoms with Gasteiger partial charge >= 0.3 is 0 Å². The third-order valence-corrected chi connectivity index (χ3v) is 5.14. The Morgan fingerprint density at radius 3 is 2.65 bits per heavy atom. The predicted molar refractivity (Wildman–Crippen MR) is 99.8 cm³/mol. The van der Waals surface area contributed by atoms with Crippen LogP contribution in [-0.4, -0.2) is 29.7 Å². The van der Waals surface area contributed by atoms with Gasteiger partial charge in [0.1, 0.15) is 5.78 Å². The van der Waals surface area contributed by atoms with E-state index in [4.69, 9.17) is 11.6 Å². The van der Waals surface area contributed by atoms with Crippen LogP contribution in [0, 0.1) is 11.7 Å². The molecule has 3 nitrogen and oxygen atoms in total. The fourth-order valence-corrected chi connectivity index (χ4v) is 3.55. The second kappa shape index (κ2) is 8.45. The van der Waals surface area contributed by atoms with Crippen molar-refractivity contribution in [3.8, 4) is 0 Å². The summed E-state index contributed by atoms with van der Waals surface area (Å²) in [6, 6.07) is 14.3. The number of aryl methyl sites for hydroxylation is 1. The molecule has 1 heterocycles. The number of carbonyl (C=O) groups is 2. The lowest BCUT2D eigenvalue weighted by Crippen LogP contribution is -2.42. The lowest BCUT2D eigenvalue weighted by atomic mass is 9.90. The first-order chi connectivity index (χ1) is 12.6. The number of ketones is 1. The molecule has 1 saturated heterocycles. The molecule has 1 atom stereocenters. The van der Waals surface area contributed by atoms with Crippen LogP contribution in [0.5, 0.6) is 0 Å². The van der Waals surface area contributed by atoms with Crippen LogP contribution in [0.2, 0.25) is 5.02 Å². The largest absolute Gasteiger partial charge is 0.338 e. The molecule has 2 aromatic rings. The Morgan fingerprint density at radius 1 is 1.12 bits per heavy atom. The molecule has 3 rings (SSSR count). The minimum absolute atomic E-state index is 0.0325. The highest BCUT2D eigenvalue weighted by Crippen LogP contribution is 2.24. The summed E-state index contributed by atoms with van der Waals surface area (Å²) in [4.78, 5) is 26.8. The highest BCUT2D eigenvalue weighted by molar-refractivity contribution is 6.31. The molecule has 0 unspecified atom stereocenters. The quantitative estimate of drug-likeness (QED) is 0.772. The Bertz CT molecular complexity index is 794. The fourth-order valence-electron chi connectivity index (χ4n) is 3.38. The van der Waals surface area contributed by atoms with Crippen molar-refractivity contribution in [3.63, 3.8) is 0 Å². The van der Waals surface area contributed by atoms with Gasteiger partial charge in [0.15, 0.2) is 5.82 Å². The zero-order valence-corrected chi connectivity index (χ0v) is 15.2. The number of likely N-dealkylation sites (tertiary alicyclic amines) is 1. The number of hydrogen-bond donors (Lipinski definition) is 0. The number of piperidine rings is 1. The normalized spacial score (nSPS) is 17.2. The Morgan fingerprint density at radius 2 is 1.88 bits per heavy atom. The van der Waals surface area contributed by atoms with Gasteiger partial charge in [0.2, 0.25) is 0 Å². The van der Waals surface area contributed by atoms with E-state index in [-0.39, 0.29) is 22.3 Å². The summed E-state index contributed by atoms with van der Waals surface area (Å²) in [6.45, 7) is 0.881. The van der Waals surface area contributed by atoms with Crippen LogP contribution in [0.25, 0.3) is 0 Å². The Kier molecular flexibility index (Phi) is 6.04. The minimum atomic E-state index is -0.698. The molecule has 26 heavy (non-hydrogen) atoms. The molecular weight excluding hydrogens is 353 g/mol. The highest BCUT2D eigenvalue weighted by atomic mass is 35.5. The molecule has 0 aliphatic carbocycles. The summed E-state index contributed by atoms with van der Waals surface area (Å²) in [7, 11) is 0. The smallest absolute Gasteiger partial charge is 0.256 e. The Hall–Kier alpha value is -2.20. The molecular formula is C21H21ClFNO2. The lowest BCUT2D eigenvalue weighted by molar-refractivity contribution is -0.124. The fraction of sp³-hybridized carbons (Fsp3) is 0.333. The van der Waals surface area contributed by atoms with Crippen molar-refractivity contribution >= 4 is 23.3 Å². The van der Waals surface area contributed by atoms with E-state index in [1.54, 1.807) is 11.0 Å². The van der Waals surface area contributed by atoms with E-state index < -0.39 is 11.7 Å². The number of halogens is 2. The average molecular weight is 374 g/mol. The van der Waals surface area contributed by atoms with Gasteiger partial charge < -0.3 is 4.90 Å². The zero-order chi connectivity index (χ0) is 18.5. The molecule has 0 N–H and O–H groups in total. The van der Waals surface area contributed by atoms with Gasteiger partial charge in [0, 0.05) is 25.4 Å². The molecule has 5 heteroatoms. The Labute approximate surface area is 157 Å². The maximum absolute atomic E-state index is 14.1. The number of Topliss-reactive ketones (excluding diaryl/α,β-unsaturated/α-hetero) is 1. The molecule has 1 aliphatic rings. The molecule has 1 fully saturated rings. The number of rotatable bonds is 5. The number of hydrogen-bond acceptors (Lipinski definition) is 2. The molecule has 0 radical (unpaired) electrons. The van der Waals surface area contributed by atoms with Crippen molar-refractivity contribution in [3.05, 3.63) is 70.5 Å². The molecule has 0 saturated carbocycles. The van der Waals surface area contributed by atoms with Crippen molar-refractivity contribution in [2.24, 2.45) is 5.92 Å². The van der Waals surface area contributed by atoms with Crippen molar-refractivity contribution in [1.82, 2.24) is 4.90 Å². The van der Waals surface area contributed by atoms with Gasteiger partial charge in [-0.05, 0) is 37.0 Å². The average Bonchev–Trinajstić information content (AvgIpc) is 2.68. The summed E-state index contributed by atoms with van der Waals surface area (Å²) < 4.78 is 14.1. The second-order valence-corrected chi connectivity index (χ2v) is 7.05. The summed E-state index contributed by atoms with van der Waals surface area (Å²) in [5.41, 5.74) is 1.10. The zero-order valence-electron chi connectivity index (χ0n) is 14.5. The lowest BCUT2D eigenvalue weighted by Gasteiger charge is -2.32. The summed E-state index contributed by atoms with van der Waals surface area (Å²) >= 11 is 5.78. The molecule has 0 bridgehead atoms. The molecule has 0 aromatic heterocycles. The van der Waals surface area contributed by atoms with Gasteiger partial charge in [-0.25, -0.2) is 4.39 Å². The van der Waals surface area contributed by atoms with Crippen molar-refractivity contribution < 1.29 is 14.0 Å². The van der Waals surface area contributed by atoms with Crippen molar-refractivity contribution in [2.45, 2.75) is 25.7 Å². The van der Waals surface area contributed by atoms with E-state index in [2.05, 4.69) is 0 Å². The first kappa shape index (κ1) is 18.6. The van der Waals surface area contributed by atoms with Gasteiger partial charge in [0.05, 0.1) is 10.6 Å². The second-order valence-electron chi connectivity index (χ2n) is 6.64. The van der Waals surface area contributed by atoms with Crippen LogP contribution in [0.4, 0.5) is 4.39 Å². The number of carbonyl (C=O) groups excluding carboxylic acids is 2. The van der Waals surface area contributed by atoms with Crippen LogP contribution >= 0.6 is 11.6 Å². The van der Waals surface area contributed by atoms with Gasteiger partial charge in [-0.15, -0.1) is 0 Å². The van der Waals surface area contributed by atoms with Crippen LogP contribution < -0.4 is 0 Å². The topological polar surface area (TPSA) is 37.4 Å². The van der Waals surface area contributed by atoms with E-state index in [0.717, 1.165) is 18.4 Å². The first-order valence-corrected chi connectivity index (χ1v) is 9.24. The summed E-state index contributed by atoms with van der Waals surface area (Å²) in [5, 5.41) is -0.0663. The molecule has 1 aliphatic heterocycles. The van der Waals surface area contributed by atoms with E-state index in [1.165, 1.54) is 12.1 Å². The maximum Gasteiger partial charge on any atom is 0.256 e. The van der Waals surface area contributed by atoms with Crippen molar-refractivity contribution in [2.75, 3.05) is 13.1 Å². The number of nitrogens with zero attached hydrogens (tertiary/aromatic N) is 1. The van der Waals surface area contributed by atoms with Crippen LogP contribution in [0.15, 0.2) is 48.5 Å². The van der Waals surface area contributed by atoms with E-state index >= 15 is 0 Å². The third kappa shape index (κ3) is 4.31. The van der Waals surface area contributed by atoms with Crippen LogP contribution in [0.3, 0.4) is 0 Å². The van der Waals surface area contributed by atoms with Crippen LogP contribution in [0.1, 0.15) is 35.2 Å². The minimum Gasteiger partial charge on any atom is -0.338 e. The SMILES string of the molecule is O=C(CCc1ccccc1)[C@@H]1CCCN(C(=O)c2cccc(Cl)c2F)C1. The molecule has 136 valence electrons. The number of amides is 1. The van der Waals surface area contributed by atoms with E-state index in [1.807, 2.05) is 30.3 Å². The monoisotopic (exact) mass is 373 g/mol. The van der Waals surface area contributed by atoms with Gasteiger partial charge in [-0.2, -0.15) is 0 Å². The van der Waals surface area contributed by atoms with Crippen molar-refractivity contribution in [1.29, 1.82) is 0 Å². The van der Waals surface area contributed by atoms with Gasteiger partial charge in [-0.3, -0.25) is 9.59 Å². The molecule has 1 amide bonds. The predicted octanol–water partition coefficient (Wildman–Crippen LogP) is 4.53. The first-order valence-electron chi connectivity index (χ1n) is 8.86. The summed E-state index contributed by atoms with van der Waals surface area (Å²) in [5.74, 6) is -1.11. The highest BCUT2D eigenvalue weighted by Gasteiger charge is 2.29. The molecule has 2 aromatic carbocycles. The van der Waals surface area contributed by atoms with Gasteiger partial charge in [-0.1, -0.05) is 48.0 Å². The Balaban J connectivity index is 1.62. The van der Waals surface area contributed by atoms with E-state index in [9.17, 15) is 14.0 Å². The standard InChI is InChI=1S/C21H21ClFNO2/c22-18-10-4-9-17(20(18)23)21(26)24-13-5-8-16(14-24)19(25)12-11-15-6-2-1-3-7-15/h1-4,6-7,9-10,16H,5,8,11-14H2/t16-/m1/s1. The molecule has 0 spiro atoms. The maximum atomic E-state index is 14.1. The third-order valence-electron chi connectivity index (χ3n) is 4.85. The van der Waals surface area contributed by atoms with Crippen LogP contribution in [-0.2, 0) is 11.2 Å². The van der Waals surface area contributed by atoms with E-state index in [0.29, 0.717) is 25.9 Å². The summed E-state index contributed by atoms with van der Waals surface area (Å²) in [6.07, 6.45) is 2.68.